The Kier molecular flexibility index (Phi) is 3.08. The number of hydrogen-bond donors (Lipinski definition) is 0. The lowest BCUT2D eigenvalue weighted by Gasteiger charge is -2.05. The summed E-state index contributed by atoms with van der Waals surface area (Å²) in [6.07, 6.45) is 0. The molecule has 2 aromatic carbocycles. The number of fused-ring (bicyclic) bond motifs is 1. The summed E-state index contributed by atoms with van der Waals surface area (Å²) in [5, 5.41) is 4.37. The number of rotatable bonds is 2. The standard InChI is InChI=1S/C19H14N2O2/c1-13-12-16(14-8-4-2-5-9-14)23-18-17(13)19(22)21(20-18)15-10-6-3-7-11-15/h2-12H,1H3. The second kappa shape index (κ2) is 5.25. The Morgan fingerprint density at radius 2 is 1.61 bits per heavy atom. The Morgan fingerprint density at radius 3 is 2.30 bits per heavy atom. The molecular formula is C19H14N2O2. The van der Waals surface area contributed by atoms with E-state index in [0.29, 0.717) is 17.2 Å². The highest BCUT2D eigenvalue weighted by Crippen LogP contribution is 2.29. The first-order valence-corrected chi connectivity index (χ1v) is 7.38. The van der Waals surface area contributed by atoms with Gasteiger partial charge in [-0.25, -0.2) is 0 Å². The second-order valence-corrected chi connectivity index (χ2v) is 5.39. The maximum absolute atomic E-state index is 12.6. The summed E-state index contributed by atoms with van der Waals surface area (Å²) in [6.45, 7) is 1.91. The van der Waals surface area contributed by atoms with Crippen molar-refractivity contribution in [3.05, 3.63) is 82.6 Å². The van der Waals surface area contributed by atoms with E-state index in [4.69, 9.17) is 4.42 Å². The summed E-state index contributed by atoms with van der Waals surface area (Å²) in [7, 11) is 0. The molecule has 0 fully saturated rings. The predicted octanol–water partition coefficient (Wildman–Crippen LogP) is 3.91. The third kappa shape index (κ3) is 2.25. The van der Waals surface area contributed by atoms with Gasteiger partial charge in [0.2, 0.25) is 0 Å². The lowest BCUT2D eigenvalue weighted by Crippen LogP contribution is -2.14. The van der Waals surface area contributed by atoms with Gasteiger partial charge in [-0.05, 0) is 30.7 Å². The Morgan fingerprint density at radius 1 is 0.957 bits per heavy atom. The molecule has 0 spiro atoms. The molecule has 0 saturated heterocycles. The maximum atomic E-state index is 12.6. The van der Waals surface area contributed by atoms with Gasteiger partial charge in [0.15, 0.2) is 0 Å². The topological polar surface area (TPSA) is 48.0 Å². The zero-order chi connectivity index (χ0) is 15.8. The van der Waals surface area contributed by atoms with Crippen molar-refractivity contribution in [2.75, 3.05) is 0 Å². The van der Waals surface area contributed by atoms with E-state index < -0.39 is 0 Å². The molecule has 2 heterocycles. The first kappa shape index (κ1) is 13.5. The molecule has 2 aromatic rings. The van der Waals surface area contributed by atoms with Crippen LogP contribution in [0.1, 0.15) is 5.56 Å². The number of aryl methyl sites for hydroxylation is 1. The number of hydrogen-bond acceptors (Lipinski definition) is 3. The molecule has 112 valence electrons. The average Bonchev–Trinajstić information content (AvgIpc) is 2.94. The van der Waals surface area contributed by atoms with Crippen molar-refractivity contribution in [1.82, 2.24) is 9.78 Å². The van der Waals surface area contributed by atoms with Crippen LogP contribution in [0.4, 0.5) is 0 Å². The van der Waals surface area contributed by atoms with E-state index in [9.17, 15) is 4.79 Å². The number of aromatic nitrogens is 2. The Balaban J connectivity index is 1.95. The lowest BCUT2D eigenvalue weighted by molar-refractivity contribution is 0.556. The van der Waals surface area contributed by atoms with E-state index in [1.165, 1.54) is 4.68 Å². The van der Waals surface area contributed by atoms with Gasteiger partial charge in [0.25, 0.3) is 11.4 Å². The van der Waals surface area contributed by atoms with Gasteiger partial charge in [-0.2, -0.15) is 4.68 Å². The molecule has 23 heavy (non-hydrogen) atoms. The third-order valence-corrected chi connectivity index (χ3v) is 3.82. The normalized spacial score (nSPS) is 11.0. The molecular weight excluding hydrogens is 288 g/mol. The van der Waals surface area contributed by atoms with Gasteiger partial charge in [-0.15, -0.1) is 5.10 Å². The van der Waals surface area contributed by atoms with Gasteiger partial charge >= 0.3 is 0 Å². The van der Waals surface area contributed by atoms with Crippen LogP contribution in [0.2, 0.25) is 0 Å². The van der Waals surface area contributed by atoms with Crippen LogP contribution in [-0.2, 0) is 0 Å². The molecule has 0 atom stereocenters. The van der Waals surface area contributed by atoms with Gasteiger partial charge in [-0.1, -0.05) is 48.5 Å². The number of benzene rings is 2. The molecule has 0 unspecified atom stereocenters. The highest BCUT2D eigenvalue weighted by atomic mass is 16.3. The van der Waals surface area contributed by atoms with Crippen molar-refractivity contribution in [2.24, 2.45) is 0 Å². The smallest absolute Gasteiger partial charge is 0.284 e. The fourth-order valence-electron chi connectivity index (χ4n) is 2.68. The van der Waals surface area contributed by atoms with Crippen LogP contribution in [0.25, 0.3) is 28.5 Å². The number of nitrogens with zero attached hydrogens (tertiary/aromatic N) is 2. The Hall–Kier alpha value is -3.14. The van der Waals surface area contributed by atoms with E-state index >= 15 is 0 Å². The van der Waals surface area contributed by atoms with Gasteiger partial charge < -0.3 is 4.42 Å². The van der Waals surface area contributed by atoms with Crippen LogP contribution in [0.3, 0.4) is 0 Å². The van der Waals surface area contributed by atoms with Crippen LogP contribution in [0.5, 0.6) is 0 Å². The van der Waals surface area contributed by atoms with Crippen LogP contribution in [0.15, 0.2) is 75.9 Å². The molecule has 2 aliphatic rings. The monoisotopic (exact) mass is 302 g/mol. The molecule has 0 saturated carbocycles. The Labute approximate surface area is 133 Å². The first-order valence-electron chi connectivity index (χ1n) is 7.38. The van der Waals surface area contributed by atoms with Gasteiger partial charge in [0, 0.05) is 5.56 Å². The minimum absolute atomic E-state index is 0.160. The van der Waals surface area contributed by atoms with Crippen molar-refractivity contribution >= 4 is 0 Å². The molecule has 0 aliphatic carbocycles. The molecule has 4 heteroatoms. The molecule has 0 aromatic heterocycles. The van der Waals surface area contributed by atoms with Gasteiger partial charge in [0.1, 0.15) is 11.3 Å². The van der Waals surface area contributed by atoms with Crippen molar-refractivity contribution in [2.45, 2.75) is 6.92 Å². The summed E-state index contributed by atoms with van der Waals surface area (Å²) < 4.78 is 7.26. The average molecular weight is 302 g/mol. The fourth-order valence-corrected chi connectivity index (χ4v) is 2.68. The maximum Gasteiger partial charge on any atom is 0.284 e. The van der Waals surface area contributed by atoms with Crippen LogP contribution >= 0.6 is 0 Å². The molecule has 2 aliphatic heterocycles. The highest BCUT2D eigenvalue weighted by molar-refractivity contribution is 5.66. The van der Waals surface area contributed by atoms with Crippen molar-refractivity contribution in [3.8, 4) is 28.5 Å². The molecule has 0 bridgehead atoms. The lowest BCUT2D eigenvalue weighted by atomic mass is 10.1. The molecule has 4 rings (SSSR count). The summed E-state index contributed by atoms with van der Waals surface area (Å²) in [4.78, 5) is 12.6. The van der Waals surface area contributed by atoms with Gasteiger partial charge in [-0.3, -0.25) is 4.79 Å². The highest BCUT2D eigenvalue weighted by Gasteiger charge is 2.22. The molecule has 0 N–H and O–H groups in total. The second-order valence-electron chi connectivity index (χ2n) is 5.39. The van der Waals surface area contributed by atoms with E-state index in [-0.39, 0.29) is 5.56 Å². The van der Waals surface area contributed by atoms with E-state index in [2.05, 4.69) is 5.10 Å². The largest absolute Gasteiger partial charge is 0.436 e. The van der Waals surface area contributed by atoms with Crippen LogP contribution < -0.4 is 5.56 Å². The first-order chi connectivity index (χ1) is 11.2. The summed E-state index contributed by atoms with van der Waals surface area (Å²) in [5.41, 5.74) is 2.90. The predicted molar refractivity (Wildman–Crippen MR) is 88.9 cm³/mol. The molecule has 0 amide bonds. The third-order valence-electron chi connectivity index (χ3n) is 3.82. The summed E-state index contributed by atoms with van der Waals surface area (Å²) in [6, 6.07) is 21.0. The zero-order valence-corrected chi connectivity index (χ0v) is 12.6. The fraction of sp³-hybridized carbons (Fsp3) is 0.0526. The van der Waals surface area contributed by atoms with E-state index in [1.54, 1.807) is 0 Å². The minimum Gasteiger partial charge on any atom is -0.436 e. The quantitative estimate of drug-likeness (QED) is 0.564. The number of para-hydroxylation sites is 1. The zero-order valence-electron chi connectivity index (χ0n) is 12.6. The molecule has 0 radical (unpaired) electrons. The van der Waals surface area contributed by atoms with Crippen LogP contribution in [0, 0.1) is 6.92 Å². The minimum atomic E-state index is -0.160. The molecule has 4 nitrogen and oxygen atoms in total. The SMILES string of the molecule is Cc1cc(-c2ccccc2)oc2nn(-c3ccccc3)c(=O)c1-2. The summed E-state index contributed by atoms with van der Waals surface area (Å²) >= 11 is 0. The van der Waals surface area contributed by atoms with Gasteiger partial charge in [0.05, 0.1) is 5.69 Å². The van der Waals surface area contributed by atoms with Crippen molar-refractivity contribution in [3.63, 3.8) is 0 Å². The summed E-state index contributed by atoms with van der Waals surface area (Å²) in [5.74, 6) is 1.06. The van der Waals surface area contributed by atoms with Crippen molar-refractivity contribution < 1.29 is 4.42 Å². The van der Waals surface area contributed by atoms with Crippen LogP contribution in [-0.4, -0.2) is 9.78 Å². The van der Waals surface area contributed by atoms with Crippen molar-refractivity contribution in [1.29, 1.82) is 0 Å². The van der Waals surface area contributed by atoms with E-state index in [1.807, 2.05) is 73.7 Å². The Bertz CT molecular complexity index is 985. The van der Waals surface area contributed by atoms with E-state index in [0.717, 1.165) is 16.8 Å².